The zero-order chi connectivity index (χ0) is 17.1. The third-order valence-electron chi connectivity index (χ3n) is 4.83. The lowest BCUT2D eigenvalue weighted by atomic mass is 10.1. The maximum atomic E-state index is 12.7. The van der Waals surface area contributed by atoms with Crippen LogP contribution < -0.4 is 5.32 Å². The molecule has 130 valence electrons. The molecule has 1 aliphatic heterocycles. The average molecular weight is 338 g/mol. The van der Waals surface area contributed by atoms with Gasteiger partial charge in [0.2, 0.25) is 5.91 Å². The van der Waals surface area contributed by atoms with Crippen molar-refractivity contribution in [1.82, 2.24) is 24.6 Å². The van der Waals surface area contributed by atoms with E-state index in [9.17, 15) is 4.79 Å². The smallest absolute Gasteiger partial charge is 0.226 e. The molecule has 2 aromatic rings. The SMILES string of the molecule is O=C(C1CC=CC1)N1CCCn2c(CNc3cccnc3)nnc2C1. The number of aromatic nitrogens is 4. The molecule has 0 unspecified atom stereocenters. The van der Waals surface area contributed by atoms with Gasteiger partial charge in [0.1, 0.15) is 0 Å². The van der Waals surface area contributed by atoms with Gasteiger partial charge in [0, 0.05) is 31.4 Å². The van der Waals surface area contributed by atoms with Crippen LogP contribution in [0.4, 0.5) is 5.69 Å². The summed E-state index contributed by atoms with van der Waals surface area (Å²) in [5.41, 5.74) is 0.957. The molecule has 2 aromatic heterocycles. The van der Waals surface area contributed by atoms with Crippen molar-refractivity contribution in [2.45, 2.75) is 38.9 Å². The quantitative estimate of drug-likeness (QED) is 0.863. The number of amides is 1. The van der Waals surface area contributed by atoms with Crippen molar-refractivity contribution in [3.8, 4) is 0 Å². The van der Waals surface area contributed by atoms with Crippen LogP contribution in [0.25, 0.3) is 0 Å². The van der Waals surface area contributed by atoms with Gasteiger partial charge in [-0.1, -0.05) is 12.2 Å². The molecule has 4 rings (SSSR count). The Labute approximate surface area is 146 Å². The van der Waals surface area contributed by atoms with E-state index >= 15 is 0 Å². The topological polar surface area (TPSA) is 75.9 Å². The van der Waals surface area contributed by atoms with Gasteiger partial charge in [-0.2, -0.15) is 0 Å². The van der Waals surface area contributed by atoms with Gasteiger partial charge in [0.25, 0.3) is 0 Å². The van der Waals surface area contributed by atoms with Gasteiger partial charge in [-0.3, -0.25) is 9.78 Å². The molecule has 0 saturated heterocycles. The van der Waals surface area contributed by atoms with Gasteiger partial charge in [0.15, 0.2) is 11.6 Å². The number of fused-ring (bicyclic) bond motifs is 1. The standard InChI is InChI=1S/C18H22N6O/c25-18(14-5-1-2-6-14)23-9-4-10-24-16(21-22-17(24)13-23)12-20-15-7-3-8-19-11-15/h1-3,7-8,11,14,20H,4-6,9-10,12-13H2. The van der Waals surface area contributed by atoms with E-state index in [0.29, 0.717) is 13.1 Å². The molecule has 7 heteroatoms. The first kappa shape index (κ1) is 15.8. The number of rotatable bonds is 4. The number of nitrogens with one attached hydrogen (secondary N) is 1. The molecule has 0 aromatic carbocycles. The Bertz CT molecular complexity index is 761. The molecule has 3 heterocycles. The molecule has 0 atom stereocenters. The summed E-state index contributed by atoms with van der Waals surface area (Å²) in [6, 6.07) is 3.87. The summed E-state index contributed by atoms with van der Waals surface area (Å²) in [6.45, 7) is 2.78. The van der Waals surface area contributed by atoms with E-state index in [1.807, 2.05) is 17.0 Å². The normalized spacial score (nSPS) is 17.4. The Balaban J connectivity index is 1.44. The number of allylic oxidation sites excluding steroid dienone is 2. The number of pyridine rings is 1. The van der Waals surface area contributed by atoms with Crippen LogP contribution in [0.15, 0.2) is 36.7 Å². The van der Waals surface area contributed by atoms with Crippen LogP contribution in [0.1, 0.15) is 30.9 Å². The minimum Gasteiger partial charge on any atom is -0.376 e. The molecule has 0 radical (unpaired) electrons. The molecular formula is C18H22N6O. The summed E-state index contributed by atoms with van der Waals surface area (Å²) < 4.78 is 2.14. The zero-order valence-electron chi connectivity index (χ0n) is 14.1. The van der Waals surface area contributed by atoms with Gasteiger partial charge in [-0.05, 0) is 31.4 Å². The number of hydrogen-bond acceptors (Lipinski definition) is 5. The molecule has 2 aliphatic rings. The third kappa shape index (κ3) is 3.40. The molecule has 0 saturated carbocycles. The Kier molecular flexibility index (Phi) is 4.45. The van der Waals surface area contributed by atoms with Gasteiger partial charge < -0.3 is 14.8 Å². The summed E-state index contributed by atoms with van der Waals surface area (Å²) in [4.78, 5) is 18.7. The van der Waals surface area contributed by atoms with Crippen LogP contribution in [-0.4, -0.2) is 37.1 Å². The molecule has 1 amide bonds. The summed E-state index contributed by atoms with van der Waals surface area (Å²) in [7, 11) is 0. The fraction of sp³-hybridized carbons (Fsp3) is 0.444. The summed E-state index contributed by atoms with van der Waals surface area (Å²) in [6.07, 6.45) is 10.4. The van der Waals surface area contributed by atoms with Crippen LogP contribution in [0.3, 0.4) is 0 Å². The van der Waals surface area contributed by atoms with Crippen LogP contribution in [0, 0.1) is 5.92 Å². The van der Waals surface area contributed by atoms with E-state index in [2.05, 4.69) is 37.2 Å². The van der Waals surface area contributed by atoms with Crippen LogP contribution >= 0.6 is 0 Å². The molecular weight excluding hydrogens is 316 g/mol. The van der Waals surface area contributed by atoms with Gasteiger partial charge in [-0.15, -0.1) is 10.2 Å². The van der Waals surface area contributed by atoms with Crippen LogP contribution in [0.2, 0.25) is 0 Å². The predicted molar refractivity (Wildman–Crippen MR) is 93.5 cm³/mol. The molecule has 0 spiro atoms. The van der Waals surface area contributed by atoms with Crippen molar-refractivity contribution in [1.29, 1.82) is 0 Å². The Hall–Kier alpha value is -2.70. The minimum atomic E-state index is 0.112. The maximum Gasteiger partial charge on any atom is 0.226 e. The highest BCUT2D eigenvalue weighted by molar-refractivity contribution is 5.79. The van der Waals surface area contributed by atoms with Crippen LogP contribution in [0.5, 0.6) is 0 Å². The van der Waals surface area contributed by atoms with Gasteiger partial charge >= 0.3 is 0 Å². The lowest BCUT2D eigenvalue weighted by Gasteiger charge is -2.23. The predicted octanol–water partition coefficient (Wildman–Crippen LogP) is 1.98. The van der Waals surface area contributed by atoms with Crippen molar-refractivity contribution in [3.05, 3.63) is 48.3 Å². The molecule has 0 fully saturated rings. The highest BCUT2D eigenvalue weighted by atomic mass is 16.2. The number of carbonyl (C=O) groups excluding carboxylic acids is 1. The van der Waals surface area contributed by atoms with Crippen molar-refractivity contribution in [2.75, 3.05) is 11.9 Å². The number of hydrogen-bond donors (Lipinski definition) is 1. The third-order valence-corrected chi connectivity index (χ3v) is 4.83. The lowest BCUT2D eigenvalue weighted by molar-refractivity contribution is -0.135. The minimum absolute atomic E-state index is 0.112. The zero-order valence-corrected chi connectivity index (χ0v) is 14.1. The van der Waals surface area contributed by atoms with Crippen molar-refractivity contribution in [2.24, 2.45) is 5.92 Å². The summed E-state index contributed by atoms with van der Waals surface area (Å²) in [5.74, 6) is 2.13. The molecule has 0 bridgehead atoms. The van der Waals surface area contributed by atoms with E-state index in [4.69, 9.17) is 0 Å². The van der Waals surface area contributed by atoms with E-state index in [-0.39, 0.29) is 11.8 Å². The van der Waals surface area contributed by atoms with Crippen LogP contribution in [-0.2, 0) is 24.4 Å². The fourth-order valence-corrected chi connectivity index (χ4v) is 3.46. The van der Waals surface area contributed by atoms with Crippen molar-refractivity contribution >= 4 is 11.6 Å². The monoisotopic (exact) mass is 338 g/mol. The van der Waals surface area contributed by atoms with E-state index < -0.39 is 0 Å². The van der Waals surface area contributed by atoms with E-state index in [1.165, 1.54) is 0 Å². The van der Waals surface area contributed by atoms with Gasteiger partial charge in [0.05, 0.1) is 18.8 Å². The molecule has 25 heavy (non-hydrogen) atoms. The van der Waals surface area contributed by atoms with E-state index in [1.54, 1.807) is 12.4 Å². The first-order chi connectivity index (χ1) is 12.3. The highest BCUT2D eigenvalue weighted by Crippen LogP contribution is 2.23. The highest BCUT2D eigenvalue weighted by Gasteiger charge is 2.28. The summed E-state index contributed by atoms with van der Waals surface area (Å²) >= 11 is 0. The summed E-state index contributed by atoms with van der Waals surface area (Å²) in [5, 5.41) is 12.0. The Morgan fingerprint density at radius 3 is 2.92 bits per heavy atom. The lowest BCUT2D eigenvalue weighted by Crippen LogP contribution is -2.35. The number of nitrogens with zero attached hydrogens (tertiary/aromatic N) is 5. The van der Waals surface area contributed by atoms with Crippen molar-refractivity contribution in [3.63, 3.8) is 0 Å². The Morgan fingerprint density at radius 1 is 1.24 bits per heavy atom. The largest absolute Gasteiger partial charge is 0.376 e. The van der Waals surface area contributed by atoms with Gasteiger partial charge in [-0.25, -0.2) is 0 Å². The average Bonchev–Trinajstić information content (AvgIpc) is 3.26. The first-order valence-electron chi connectivity index (χ1n) is 8.80. The molecule has 1 N–H and O–H groups in total. The maximum absolute atomic E-state index is 12.7. The van der Waals surface area contributed by atoms with Crippen molar-refractivity contribution < 1.29 is 4.79 Å². The second kappa shape index (κ2) is 7.04. The molecule has 7 nitrogen and oxygen atoms in total. The fourth-order valence-electron chi connectivity index (χ4n) is 3.46. The Morgan fingerprint density at radius 2 is 2.12 bits per heavy atom. The first-order valence-corrected chi connectivity index (χ1v) is 8.80. The molecule has 1 aliphatic carbocycles. The second-order valence-electron chi connectivity index (χ2n) is 6.53. The second-order valence-corrected chi connectivity index (χ2v) is 6.53. The van der Waals surface area contributed by atoms with E-state index in [0.717, 1.165) is 49.7 Å². The number of anilines is 1. The number of carbonyl (C=O) groups is 1.